The number of rotatable bonds is 5. The Kier molecular flexibility index (Phi) is 4.03. The van der Waals surface area contributed by atoms with Gasteiger partial charge >= 0.3 is 0 Å². The number of methoxy groups -OCH3 is 1. The molecule has 1 amide bonds. The summed E-state index contributed by atoms with van der Waals surface area (Å²) in [7, 11) is 1.68. The molecule has 1 N–H and O–H groups in total. The summed E-state index contributed by atoms with van der Waals surface area (Å²) in [6, 6.07) is 7.54. The summed E-state index contributed by atoms with van der Waals surface area (Å²) in [5, 5.41) is 10.8. The van der Waals surface area contributed by atoms with E-state index < -0.39 is 0 Å². The lowest BCUT2D eigenvalue weighted by Crippen LogP contribution is -2.62. The molecule has 7 nitrogen and oxygen atoms in total. The van der Waals surface area contributed by atoms with E-state index in [-0.39, 0.29) is 24.0 Å². The minimum Gasteiger partial charge on any atom is -0.384 e. The van der Waals surface area contributed by atoms with Crippen molar-refractivity contribution in [2.75, 3.05) is 20.3 Å². The molecule has 0 radical (unpaired) electrons. The van der Waals surface area contributed by atoms with Gasteiger partial charge in [0.25, 0.3) is 5.91 Å². The lowest BCUT2D eigenvalue weighted by atomic mass is 9.67. The highest BCUT2D eigenvalue weighted by Gasteiger charge is 2.54. The summed E-state index contributed by atoms with van der Waals surface area (Å²) in [5.74, 6) is 0.559. The van der Waals surface area contributed by atoms with E-state index in [1.807, 2.05) is 24.3 Å². The molecular weight excluding hydrogens is 308 g/mol. The van der Waals surface area contributed by atoms with Crippen molar-refractivity contribution in [3.05, 3.63) is 42.5 Å². The molecule has 1 aromatic carbocycles. The number of fused-ring (bicyclic) bond motifs is 1. The van der Waals surface area contributed by atoms with Crippen LogP contribution in [0.2, 0.25) is 0 Å². The Morgan fingerprint density at radius 2 is 2.25 bits per heavy atom. The molecule has 1 saturated heterocycles. The minimum absolute atomic E-state index is 0.0682. The summed E-state index contributed by atoms with van der Waals surface area (Å²) in [6.07, 6.45) is 4.44. The van der Waals surface area contributed by atoms with E-state index in [2.05, 4.69) is 15.5 Å². The summed E-state index contributed by atoms with van der Waals surface area (Å²) in [5.41, 5.74) is 1.48. The van der Waals surface area contributed by atoms with Crippen LogP contribution in [0.5, 0.6) is 0 Å². The fourth-order valence-corrected chi connectivity index (χ4v) is 3.81. The highest BCUT2D eigenvalue weighted by Crippen LogP contribution is 2.43. The van der Waals surface area contributed by atoms with Gasteiger partial charge in [0.1, 0.15) is 12.7 Å². The monoisotopic (exact) mass is 328 g/mol. The number of nitrogens with zero attached hydrogens (tertiary/aromatic N) is 3. The van der Waals surface area contributed by atoms with E-state index in [4.69, 9.17) is 9.47 Å². The van der Waals surface area contributed by atoms with Gasteiger partial charge in [-0.2, -0.15) is 0 Å². The van der Waals surface area contributed by atoms with Crippen LogP contribution in [0.4, 0.5) is 0 Å². The highest BCUT2D eigenvalue weighted by molar-refractivity contribution is 5.95. The molecule has 0 unspecified atom stereocenters. The molecule has 1 aliphatic heterocycles. The van der Waals surface area contributed by atoms with E-state index >= 15 is 0 Å². The molecule has 1 aromatic heterocycles. The zero-order valence-corrected chi connectivity index (χ0v) is 13.5. The second-order valence-electron chi connectivity index (χ2n) is 6.33. The van der Waals surface area contributed by atoms with Crippen LogP contribution in [-0.4, -0.2) is 53.1 Å². The van der Waals surface area contributed by atoms with Gasteiger partial charge in [-0.15, -0.1) is 10.2 Å². The van der Waals surface area contributed by atoms with E-state index in [9.17, 15) is 4.79 Å². The van der Waals surface area contributed by atoms with Crippen LogP contribution in [0, 0.1) is 11.8 Å². The lowest BCUT2D eigenvalue weighted by Gasteiger charge is -2.47. The van der Waals surface area contributed by atoms with Crippen molar-refractivity contribution in [1.29, 1.82) is 0 Å². The van der Waals surface area contributed by atoms with E-state index in [1.54, 1.807) is 24.3 Å². The zero-order chi connectivity index (χ0) is 16.5. The van der Waals surface area contributed by atoms with Crippen LogP contribution < -0.4 is 5.32 Å². The third kappa shape index (κ3) is 2.59. The Morgan fingerprint density at radius 3 is 3.04 bits per heavy atom. The Labute approximate surface area is 140 Å². The second-order valence-corrected chi connectivity index (χ2v) is 6.33. The first-order valence-electron chi connectivity index (χ1n) is 8.14. The first kappa shape index (κ1) is 15.3. The number of carbonyl (C=O) groups is 1. The van der Waals surface area contributed by atoms with Crippen molar-refractivity contribution < 1.29 is 14.3 Å². The van der Waals surface area contributed by atoms with Crippen molar-refractivity contribution in [1.82, 2.24) is 20.1 Å². The summed E-state index contributed by atoms with van der Waals surface area (Å²) in [4.78, 5) is 12.7. The lowest BCUT2D eigenvalue weighted by molar-refractivity contribution is -0.0809. The highest BCUT2D eigenvalue weighted by atomic mass is 16.5. The number of hydrogen-bond acceptors (Lipinski definition) is 5. The molecule has 4 atom stereocenters. The van der Waals surface area contributed by atoms with E-state index in [1.165, 1.54) is 0 Å². The molecule has 2 fully saturated rings. The maximum absolute atomic E-state index is 12.7. The molecule has 0 bridgehead atoms. The standard InChI is InChI=1S/C17H20N4O3/c1-23-8-14-15(13-5-6-24-16(13)14)20-17(22)11-3-2-4-12(7-11)21-9-18-19-10-21/h2-4,7,9-10,13-16H,5-6,8H2,1H3,(H,20,22)/t13-,14+,15+,16-/m1/s1. The SMILES string of the molecule is COC[C@H]1[C@@H](NC(=O)c2cccc(-n3cnnc3)c2)[C@H]2CCO[C@H]21. The summed E-state index contributed by atoms with van der Waals surface area (Å²) >= 11 is 0. The Bertz CT molecular complexity index is 718. The Morgan fingerprint density at radius 1 is 1.42 bits per heavy atom. The fraction of sp³-hybridized carbons (Fsp3) is 0.471. The molecular formula is C17H20N4O3. The van der Waals surface area contributed by atoms with Gasteiger partial charge in [0.05, 0.1) is 12.7 Å². The molecule has 7 heteroatoms. The topological polar surface area (TPSA) is 78.3 Å². The van der Waals surface area contributed by atoms with Crippen molar-refractivity contribution in [3.63, 3.8) is 0 Å². The van der Waals surface area contributed by atoms with Gasteiger partial charge in [-0.25, -0.2) is 0 Å². The number of amides is 1. The average Bonchev–Trinajstić information content (AvgIpc) is 3.27. The molecule has 1 saturated carbocycles. The van der Waals surface area contributed by atoms with Crippen molar-refractivity contribution in [3.8, 4) is 5.69 Å². The third-order valence-electron chi connectivity index (χ3n) is 5.01. The molecule has 24 heavy (non-hydrogen) atoms. The van der Waals surface area contributed by atoms with Gasteiger partial charge < -0.3 is 14.8 Å². The molecule has 0 spiro atoms. The van der Waals surface area contributed by atoms with Gasteiger partial charge in [0.2, 0.25) is 0 Å². The second kappa shape index (κ2) is 6.33. The maximum atomic E-state index is 12.7. The maximum Gasteiger partial charge on any atom is 0.251 e. The Balaban J connectivity index is 1.49. The average molecular weight is 328 g/mol. The van der Waals surface area contributed by atoms with Crippen LogP contribution in [0.25, 0.3) is 5.69 Å². The molecule has 2 heterocycles. The smallest absolute Gasteiger partial charge is 0.251 e. The number of carbonyl (C=O) groups excluding carboxylic acids is 1. The van der Waals surface area contributed by atoms with Crippen LogP contribution >= 0.6 is 0 Å². The van der Waals surface area contributed by atoms with Crippen LogP contribution in [0.3, 0.4) is 0 Å². The first-order valence-corrected chi connectivity index (χ1v) is 8.14. The number of ether oxygens (including phenoxy) is 2. The quantitative estimate of drug-likeness (QED) is 0.887. The van der Waals surface area contributed by atoms with Gasteiger partial charge in [0, 0.05) is 42.8 Å². The van der Waals surface area contributed by atoms with E-state index in [0.717, 1.165) is 18.7 Å². The molecule has 4 rings (SSSR count). The zero-order valence-electron chi connectivity index (χ0n) is 13.5. The van der Waals surface area contributed by atoms with Crippen molar-refractivity contribution >= 4 is 5.91 Å². The van der Waals surface area contributed by atoms with Gasteiger partial charge in [-0.3, -0.25) is 9.36 Å². The predicted molar refractivity (Wildman–Crippen MR) is 85.8 cm³/mol. The van der Waals surface area contributed by atoms with Gasteiger partial charge in [-0.1, -0.05) is 6.07 Å². The minimum atomic E-state index is -0.0682. The van der Waals surface area contributed by atoms with Crippen LogP contribution in [0.15, 0.2) is 36.9 Å². The first-order chi connectivity index (χ1) is 11.8. The molecule has 2 aromatic rings. The summed E-state index contributed by atoms with van der Waals surface area (Å²) in [6.45, 7) is 1.37. The number of benzene rings is 1. The van der Waals surface area contributed by atoms with Crippen molar-refractivity contribution in [2.45, 2.75) is 18.6 Å². The van der Waals surface area contributed by atoms with E-state index in [0.29, 0.717) is 18.1 Å². The number of aromatic nitrogens is 3. The predicted octanol–water partition coefficient (Wildman–Crippen LogP) is 1.05. The molecule has 126 valence electrons. The largest absolute Gasteiger partial charge is 0.384 e. The normalized spacial score (nSPS) is 28.2. The van der Waals surface area contributed by atoms with Crippen LogP contribution in [-0.2, 0) is 9.47 Å². The number of nitrogens with one attached hydrogen (secondary N) is 1. The number of hydrogen-bond donors (Lipinski definition) is 1. The Hall–Kier alpha value is -2.25. The molecule has 1 aliphatic carbocycles. The van der Waals surface area contributed by atoms with Crippen LogP contribution in [0.1, 0.15) is 16.8 Å². The molecule has 2 aliphatic rings. The van der Waals surface area contributed by atoms with Crippen molar-refractivity contribution in [2.24, 2.45) is 11.8 Å². The van der Waals surface area contributed by atoms with Gasteiger partial charge in [-0.05, 0) is 24.6 Å². The fourth-order valence-electron chi connectivity index (χ4n) is 3.81. The third-order valence-corrected chi connectivity index (χ3v) is 5.01. The van der Waals surface area contributed by atoms with Gasteiger partial charge in [0.15, 0.2) is 0 Å². The summed E-state index contributed by atoms with van der Waals surface area (Å²) < 4.78 is 12.8.